The summed E-state index contributed by atoms with van der Waals surface area (Å²) in [4.78, 5) is 0. The van der Waals surface area contributed by atoms with Gasteiger partial charge in [-0.15, -0.1) is 0 Å². The molecule has 0 aromatic heterocycles. The predicted octanol–water partition coefficient (Wildman–Crippen LogP) is 1.91. The minimum absolute atomic E-state index is 0.0561. The number of halogens is 2. The third-order valence-electron chi connectivity index (χ3n) is 1.19. The van der Waals surface area contributed by atoms with Gasteiger partial charge in [-0.1, -0.05) is 0 Å². The van der Waals surface area contributed by atoms with E-state index in [9.17, 15) is 17.2 Å². The van der Waals surface area contributed by atoms with Crippen LogP contribution in [0.15, 0.2) is 12.2 Å². The molecule has 0 saturated heterocycles. The molecule has 0 radical (unpaired) electrons. The van der Waals surface area contributed by atoms with Crippen molar-refractivity contribution < 1.29 is 21.4 Å². The fourth-order valence-electron chi connectivity index (χ4n) is 0.668. The van der Waals surface area contributed by atoms with Gasteiger partial charge in [0, 0.05) is 0 Å². The Bertz CT molecular complexity index is 255. The standard InChI is InChI=1S/C7H12F2O3S/c1-13(10,11)12-6-4-2-3-5-7(8)9/h5H,2-4,6H2,1H3. The second-order valence-corrected chi connectivity index (χ2v) is 4.16. The van der Waals surface area contributed by atoms with Crippen molar-refractivity contribution in [2.45, 2.75) is 19.3 Å². The van der Waals surface area contributed by atoms with Crippen LogP contribution in [0.2, 0.25) is 0 Å². The number of allylic oxidation sites excluding steroid dienone is 1. The molecule has 0 fully saturated rings. The van der Waals surface area contributed by atoms with E-state index >= 15 is 0 Å². The molecule has 0 spiro atoms. The molecule has 0 N–H and O–H groups in total. The van der Waals surface area contributed by atoms with Crippen molar-refractivity contribution in [1.82, 2.24) is 0 Å². The zero-order valence-electron chi connectivity index (χ0n) is 7.29. The Labute approximate surface area is 76.5 Å². The lowest BCUT2D eigenvalue weighted by molar-refractivity contribution is 0.312. The van der Waals surface area contributed by atoms with Gasteiger partial charge in [-0.05, 0) is 25.3 Å². The fraction of sp³-hybridized carbons (Fsp3) is 0.714. The molecule has 0 atom stereocenters. The summed E-state index contributed by atoms with van der Waals surface area (Å²) in [7, 11) is -3.39. The van der Waals surface area contributed by atoms with Crippen molar-refractivity contribution in [3.8, 4) is 0 Å². The second kappa shape index (κ2) is 6.04. The van der Waals surface area contributed by atoms with Crippen LogP contribution >= 0.6 is 0 Å². The lowest BCUT2D eigenvalue weighted by atomic mass is 10.2. The molecule has 0 bridgehead atoms. The topological polar surface area (TPSA) is 43.4 Å². The zero-order chi connectivity index (χ0) is 10.3. The lowest BCUT2D eigenvalue weighted by Crippen LogP contribution is -2.03. The predicted molar refractivity (Wildman–Crippen MR) is 44.9 cm³/mol. The molecule has 3 nitrogen and oxygen atoms in total. The van der Waals surface area contributed by atoms with Crippen LogP contribution < -0.4 is 0 Å². The summed E-state index contributed by atoms with van der Waals surface area (Å²) in [6, 6.07) is 0. The maximum absolute atomic E-state index is 11.5. The minimum Gasteiger partial charge on any atom is -0.270 e. The van der Waals surface area contributed by atoms with Crippen molar-refractivity contribution in [2.75, 3.05) is 12.9 Å². The molecule has 6 heteroatoms. The first-order valence-electron chi connectivity index (χ1n) is 3.77. The van der Waals surface area contributed by atoms with Crippen molar-refractivity contribution in [3.05, 3.63) is 12.2 Å². The quantitative estimate of drug-likeness (QED) is 0.501. The zero-order valence-corrected chi connectivity index (χ0v) is 8.11. The van der Waals surface area contributed by atoms with E-state index in [1.807, 2.05) is 0 Å². The molecular weight excluding hydrogens is 202 g/mol. The van der Waals surface area contributed by atoms with E-state index < -0.39 is 16.2 Å². The smallest absolute Gasteiger partial charge is 0.266 e. The largest absolute Gasteiger partial charge is 0.270 e. The Morgan fingerprint density at radius 2 is 2.00 bits per heavy atom. The van der Waals surface area contributed by atoms with Crippen molar-refractivity contribution in [1.29, 1.82) is 0 Å². The summed E-state index contributed by atoms with van der Waals surface area (Å²) >= 11 is 0. The summed E-state index contributed by atoms with van der Waals surface area (Å²) < 4.78 is 48.2. The van der Waals surface area contributed by atoms with Gasteiger partial charge in [0.1, 0.15) is 0 Å². The van der Waals surface area contributed by atoms with Gasteiger partial charge < -0.3 is 0 Å². The van der Waals surface area contributed by atoms with E-state index in [4.69, 9.17) is 0 Å². The van der Waals surface area contributed by atoms with E-state index in [1.165, 1.54) is 0 Å². The molecule has 0 saturated carbocycles. The average molecular weight is 214 g/mol. The molecule has 0 aromatic rings. The van der Waals surface area contributed by atoms with Crippen LogP contribution in [-0.4, -0.2) is 21.3 Å². The number of unbranched alkanes of at least 4 members (excludes halogenated alkanes) is 2. The maximum Gasteiger partial charge on any atom is 0.266 e. The molecule has 0 aliphatic heterocycles. The molecule has 13 heavy (non-hydrogen) atoms. The third kappa shape index (κ3) is 11.5. The summed E-state index contributed by atoms with van der Waals surface area (Å²) in [5, 5.41) is 0. The van der Waals surface area contributed by atoms with Gasteiger partial charge in [0.2, 0.25) is 0 Å². The summed E-state index contributed by atoms with van der Waals surface area (Å²) in [5.74, 6) is 0. The van der Waals surface area contributed by atoms with Crippen LogP contribution in [0.3, 0.4) is 0 Å². The highest BCUT2D eigenvalue weighted by molar-refractivity contribution is 7.85. The Morgan fingerprint density at radius 1 is 1.38 bits per heavy atom. The van der Waals surface area contributed by atoms with Crippen LogP contribution in [0.25, 0.3) is 0 Å². The summed E-state index contributed by atoms with van der Waals surface area (Å²) in [6.07, 6.45) is 1.25. The van der Waals surface area contributed by atoms with Crippen LogP contribution in [0.4, 0.5) is 8.78 Å². The van der Waals surface area contributed by atoms with E-state index in [1.54, 1.807) is 0 Å². The normalized spacial score (nSPS) is 11.3. The van der Waals surface area contributed by atoms with E-state index in [-0.39, 0.29) is 13.0 Å². The highest BCUT2D eigenvalue weighted by Gasteiger charge is 1.99. The average Bonchev–Trinajstić information content (AvgIpc) is 1.93. The van der Waals surface area contributed by atoms with Crippen LogP contribution in [-0.2, 0) is 14.3 Å². The van der Waals surface area contributed by atoms with Crippen molar-refractivity contribution in [3.63, 3.8) is 0 Å². The van der Waals surface area contributed by atoms with Crippen LogP contribution in [0, 0.1) is 0 Å². The first kappa shape index (κ1) is 12.5. The number of rotatable bonds is 6. The molecule has 0 heterocycles. The SMILES string of the molecule is CS(=O)(=O)OCCCCC=C(F)F. The first-order valence-corrected chi connectivity index (χ1v) is 5.59. The highest BCUT2D eigenvalue weighted by Crippen LogP contribution is 2.04. The van der Waals surface area contributed by atoms with Gasteiger partial charge in [0.25, 0.3) is 16.2 Å². The Morgan fingerprint density at radius 3 is 2.46 bits per heavy atom. The van der Waals surface area contributed by atoms with Gasteiger partial charge in [0.05, 0.1) is 12.9 Å². The van der Waals surface area contributed by atoms with Gasteiger partial charge >= 0.3 is 0 Å². The molecule has 0 aromatic carbocycles. The Kier molecular flexibility index (Phi) is 5.81. The summed E-state index contributed by atoms with van der Waals surface area (Å²) in [5.41, 5.74) is 0. The van der Waals surface area contributed by atoms with Gasteiger partial charge in [0.15, 0.2) is 0 Å². The molecule has 0 rings (SSSR count). The van der Waals surface area contributed by atoms with Gasteiger partial charge in [-0.2, -0.15) is 17.2 Å². The molecule has 0 aliphatic carbocycles. The minimum atomic E-state index is -3.39. The first-order chi connectivity index (χ1) is 5.92. The van der Waals surface area contributed by atoms with Crippen molar-refractivity contribution in [2.24, 2.45) is 0 Å². The Balaban J connectivity index is 3.33. The van der Waals surface area contributed by atoms with E-state index in [2.05, 4.69) is 4.18 Å². The van der Waals surface area contributed by atoms with E-state index in [0.717, 1.165) is 12.3 Å². The lowest BCUT2D eigenvalue weighted by Gasteiger charge is -1.98. The highest BCUT2D eigenvalue weighted by atomic mass is 32.2. The van der Waals surface area contributed by atoms with Gasteiger partial charge in [-0.25, -0.2) is 0 Å². The number of hydrogen-bond donors (Lipinski definition) is 0. The molecular formula is C7H12F2O3S. The molecule has 78 valence electrons. The second-order valence-electron chi connectivity index (χ2n) is 2.52. The monoisotopic (exact) mass is 214 g/mol. The number of hydrogen-bond acceptors (Lipinski definition) is 3. The molecule has 0 amide bonds. The van der Waals surface area contributed by atoms with E-state index in [0.29, 0.717) is 12.8 Å². The van der Waals surface area contributed by atoms with Crippen LogP contribution in [0.5, 0.6) is 0 Å². The molecule has 0 unspecified atom stereocenters. The van der Waals surface area contributed by atoms with Crippen molar-refractivity contribution >= 4 is 10.1 Å². The third-order valence-corrected chi connectivity index (χ3v) is 1.79. The maximum atomic E-state index is 11.5. The fourth-order valence-corrected chi connectivity index (χ4v) is 1.09. The van der Waals surface area contributed by atoms with Gasteiger partial charge in [-0.3, -0.25) is 4.18 Å². The Hall–Kier alpha value is -0.490. The summed E-state index contributed by atoms with van der Waals surface area (Å²) in [6.45, 7) is 0.0561. The van der Waals surface area contributed by atoms with Crippen LogP contribution in [0.1, 0.15) is 19.3 Å². The molecule has 0 aliphatic rings.